The van der Waals surface area contributed by atoms with E-state index in [1.807, 2.05) is 32.0 Å². The molecule has 0 amide bonds. The van der Waals surface area contributed by atoms with Crippen LogP contribution in [-0.4, -0.2) is 39.5 Å². The van der Waals surface area contributed by atoms with Crippen LogP contribution in [0.5, 0.6) is 5.75 Å². The van der Waals surface area contributed by atoms with Gasteiger partial charge in [0.05, 0.1) is 39.1 Å². The maximum absolute atomic E-state index is 11.7. The van der Waals surface area contributed by atoms with Crippen LogP contribution >= 0.6 is 34.5 Å². The third kappa shape index (κ3) is 5.72. The van der Waals surface area contributed by atoms with E-state index in [1.54, 1.807) is 12.1 Å². The van der Waals surface area contributed by atoms with Crippen LogP contribution < -0.4 is 10.1 Å². The Balaban J connectivity index is 1.06. The summed E-state index contributed by atoms with van der Waals surface area (Å²) in [6, 6.07) is 9.00. The number of fused-ring (bicyclic) bond motifs is 3. The zero-order valence-electron chi connectivity index (χ0n) is 23.9. The van der Waals surface area contributed by atoms with Gasteiger partial charge < -0.3 is 24.4 Å². The van der Waals surface area contributed by atoms with Gasteiger partial charge in [0.15, 0.2) is 5.13 Å². The Morgan fingerprint density at radius 3 is 2.51 bits per heavy atom. The number of nitrogens with one attached hydrogen (secondary N) is 1. The molecule has 3 fully saturated rings. The van der Waals surface area contributed by atoms with Crippen molar-refractivity contribution in [1.82, 2.24) is 10.1 Å². The summed E-state index contributed by atoms with van der Waals surface area (Å²) in [5.74, 6) is 1.72. The van der Waals surface area contributed by atoms with E-state index in [0.29, 0.717) is 63.0 Å². The van der Waals surface area contributed by atoms with Crippen molar-refractivity contribution in [2.24, 2.45) is 11.8 Å². The molecule has 2 aromatic carbocycles. The molecular weight excluding hydrogens is 609 g/mol. The molecule has 2 aromatic heterocycles. The lowest BCUT2D eigenvalue weighted by atomic mass is 9.82. The molecule has 0 aliphatic heterocycles. The summed E-state index contributed by atoms with van der Waals surface area (Å²) in [6.45, 7) is 4.26. The fourth-order valence-electron chi connectivity index (χ4n) is 6.76. The average molecular weight is 643 g/mol. The number of benzene rings is 2. The fraction of sp³-hybridized carbons (Fsp3) is 0.469. The van der Waals surface area contributed by atoms with Crippen molar-refractivity contribution in [3.05, 3.63) is 57.3 Å². The number of anilines is 1. The standard InChI is InChI=1S/C32H33Cl2N3O5S/c1-15(2)41-24-12-19(31(38)39)13-25-29(24)36-32(43-25)35-27-17-8-9-18(27)11-20(10-17)40-14-21-28(37-42-30(21)16-6-7-16)26-22(33)4-3-5-23(26)34/h3-5,12-13,15-18,20,27H,6-11,14H2,1-2H3,(H,35,36)(H,38,39)/t17-,18+,20?,27?. The molecule has 43 heavy (non-hydrogen) atoms. The minimum absolute atomic E-state index is 0.0904. The maximum Gasteiger partial charge on any atom is 0.335 e. The fourth-order valence-corrected chi connectivity index (χ4v) is 8.31. The van der Waals surface area contributed by atoms with Gasteiger partial charge in [-0.25, -0.2) is 9.78 Å². The number of rotatable bonds is 10. The summed E-state index contributed by atoms with van der Waals surface area (Å²) in [4.78, 5) is 16.6. The minimum Gasteiger partial charge on any atom is -0.489 e. The van der Waals surface area contributed by atoms with Gasteiger partial charge in [-0.3, -0.25) is 0 Å². The molecular formula is C32H33Cl2N3O5S. The lowest BCUT2D eigenvalue weighted by molar-refractivity contribution is -0.00447. The van der Waals surface area contributed by atoms with Gasteiger partial charge in [-0.2, -0.15) is 0 Å². The van der Waals surface area contributed by atoms with E-state index < -0.39 is 5.97 Å². The first-order valence-corrected chi connectivity index (χ1v) is 16.5. The molecule has 8 nitrogen and oxygen atoms in total. The van der Waals surface area contributed by atoms with Crippen molar-refractivity contribution < 1.29 is 23.9 Å². The predicted octanol–water partition coefficient (Wildman–Crippen LogP) is 8.81. The summed E-state index contributed by atoms with van der Waals surface area (Å²) < 4.78 is 19.2. The number of carboxylic acids is 1. The topological polar surface area (TPSA) is 107 Å². The Kier molecular flexibility index (Phi) is 7.78. The molecule has 4 atom stereocenters. The van der Waals surface area contributed by atoms with Crippen molar-refractivity contribution in [2.75, 3.05) is 5.32 Å². The monoisotopic (exact) mass is 641 g/mol. The number of hydrogen-bond acceptors (Lipinski definition) is 8. The Morgan fingerprint density at radius 1 is 1.14 bits per heavy atom. The van der Waals surface area contributed by atoms with Crippen LogP contribution in [0.25, 0.3) is 21.5 Å². The van der Waals surface area contributed by atoms with Crippen LogP contribution in [-0.2, 0) is 11.3 Å². The second-order valence-electron chi connectivity index (χ2n) is 12.2. The van der Waals surface area contributed by atoms with Gasteiger partial charge in [0.1, 0.15) is 22.7 Å². The van der Waals surface area contributed by atoms with Crippen LogP contribution in [0, 0.1) is 11.8 Å². The molecule has 11 heteroatoms. The van der Waals surface area contributed by atoms with Crippen molar-refractivity contribution in [3.8, 4) is 17.0 Å². The van der Waals surface area contributed by atoms with Crippen molar-refractivity contribution in [2.45, 2.75) is 83.1 Å². The number of halogens is 2. The Bertz CT molecular complexity index is 1650. The minimum atomic E-state index is -0.979. The van der Waals surface area contributed by atoms with Gasteiger partial charge in [-0.1, -0.05) is 45.8 Å². The van der Waals surface area contributed by atoms with Crippen LogP contribution in [0.4, 0.5) is 5.13 Å². The number of nitrogens with zero attached hydrogens (tertiary/aromatic N) is 2. The van der Waals surface area contributed by atoms with Gasteiger partial charge >= 0.3 is 5.97 Å². The molecule has 3 aliphatic carbocycles. The quantitative estimate of drug-likeness (QED) is 0.177. The molecule has 2 bridgehead atoms. The molecule has 4 aromatic rings. The Labute approximate surface area is 263 Å². The van der Waals surface area contributed by atoms with Gasteiger partial charge in [0, 0.05) is 23.1 Å². The zero-order valence-corrected chi connectivity index (χ0v) is 26.3. The molecule has 2 unspecified atom stereocenters. The van der Waals surface area contributed by atoms with Gasteiger partial charge in [0.2, 0.25) is 0 Å². The Hall–Kier alpha value is -2.85. The number of carbonyl (C=O) groups is 1. The van der Waals surface area contributed by atoms with Crippen LogP contribution in [0.15, 0.2) is 34.9 Å². The molecule has 3 saturated carbocycles. The van der Waals surface area contributed by atoms with E-state index in [-0.39, 0.29) is 17.8 Å². The van der Waals surface area contributed by atoms with Gasteiger partial charge in [-0.05, 0) is 88.5 Å². The highest BCUT2D eigenvalue weighted by Gasteiger charge is 2.44. The van der Waals surface area contributed by atoms with E-state index in [4.69, 9.17) is 42.2 Å². The van der Waals surface area contributed by atoms with Crippen LogP contribution in [0.1, 0.15) is 80.0 Å². The largest absolute Gasteiger partial charge is 0.489 e. The number of ether oxygens (including phenoxy) is 2. The smallest absolute Gasteiger partial charge is 0.335 e. The van der Waals surface area contributed by atoms with Gasteiger partial charge in [0.25, 0.3) is 0 Å². The second-order valence-corrected chi connectivity index (χ2v) is 14.1. The summed E-state index contributed by atoms with van der Waals surface area (Å²) in [5, 5.41) is 19.6. The number of thiazole rings is 1. The SMILES string of the molecule is CC(C)Oc1cc(C(=O)O)cc2sc(NC3[C@@H]4CC[C@H]3CC(OCc3c(-c5c(Cl)cccc5Cl)noc3C3CC3)C4)nc12. The molecule has 3 aliphatic rings. The molecule has 226 valence electrons. The molecule has 0 radical (unpaired) electrons. The number of carboxylic acid groups (broad SMARTS) is 1. The molecule has 7 rings (SSSR count). The van der Waals surface area contributed by atoms with Crippen molar-refractivity contribution in [3.63, 3.8) is 0 Å². The highest BCUT2D eigenvalue weighted by molar-refractivity contribution is 7.22. The lowest BCUT2D eigenvalue weighted by Crippen LogP contribution is -2.39. The first kappa shape index (κ1) is 28.9. The zero-order chi connectivity index (χ0) is 29.8. The molecule has 2 N–H and O–H groups in total. The van der Waals surface area contributed by atoms with E-state index >= 15 is 0 Å². The summed E-state index contributed by atoms with van der Waals surface area (Å²) in [5.41, 5.74) is 3.23. The normalized spacial score (nSPS) is 23.3. The first-order valence-electron chi connectivity index (χ1n) is 14.9. The summed E-state index contributed by atoms with van der Waals surface area (Å²) in [6.07, 6.45) is 6.41. The lowest BCUT2D eigenvalue weighted by Gasteiger charge is -2.35. The molecule has 2 heterocycles. The number of hydrogen-bond donors (Lipinski definition) is 2. The van der Waals surface area contributed by atoms with E-state index in [2.05, 4.69) is 10.5 Å². The van der Waals surface area contributed by atoms with Crippen LogP contribution in [0.2, 0.25) is 10.0 Å². The van der Waals surface area contributed by atoms with Crippen LogP contribution in [0.3, 0.4) is 0 Å². The van der Waals surface area contributed by atoms with E-state index in [0.717, 1.165) is 59.7 Å². The second kappa shape index (κ2) is 11.6. The van der Waals surface area contributed by atoms with Crippen molar-refractivity contribution >= 4 is 55.9 Å². The molecule has 0 spiro atoms. The predicted molar refractivity (Wildman–Crippen MR) is 168 cm³/mol. The van der Waals surface area contributed by atoms with E-state index in [9.17, 15) is 9.90 Å². The van der Waals surface area contributed by atoms with Crippen molar-refractivity contribution in [1.29, 1.82) is 0 Å². The third-order valence-corrected chi connectivity index (χ3v) is 10.4. The average Bonchev–Trinajstić information content (AvgIpc) is 3.52. The third-order valence-electron chi connectivity index (χ3n) is 8.84. The number of aromatic carboxylic acids is 1. The highest BCUT2D eigenvalue weighted by Crippen LogP contribution is 2.48. The maximum atomic E-state index is 11.7. The number of aromatic nitrogens is 2. The highest BCUT2D eigenvalue weighted by atomic mass is 35.5. The summed E-state index contributed by atoms with van der Waals surface area (Å²) >= 11 is 14.6. The van der Waals surface area contributed by atoms with Gasteiger partial charge in [-0.15, -0.1) is 0 Å². The molecule has 0 saturated heterocycles. The van der Waals surface area contributed by atoms with E-state index in [1.165, 1.54) is 11.3 Å². The first-order chi connectivity index (χ1) is 20.7. The summed E-state index contributed by atoms with van der Waals surface area (Å²) in [7, 11) is 0. The Morgan fingerprint density at radius 2 is 1.86 bits per heavy atom.